The Morgan fingerprint density at radius 2 is 1.36 bits per heavy atom. The third-order valence-electron chi connectivity index (χ3n) is 8.24. The topological polar surface area (TPSA) is 86.8 Å². The summed E-state index contributed by atoms with van der Waals surface area (Å²) in [5.41, 5.74) is 0.0992. The fourth-order valence-electron chi connectivity index (χ4n) is 5.79. The zero-order chi connectivity index (χ0) is 33.4. The minimum atomic E-state index is -4.75. The minimum absolute atomic E-state index is 0.0307. The van der Waals surface area contributed by atoms with Crippen molar-refractivity contribution in [2.75, 3.05) is 10.8 Å². The molecule has 0 aromatic heterocycles. The first kappa shape index (κ1) is 33.7. The van der Waals surface area contributed by atoms with Crippen molar-refractivity contribution in [2.45, 2.75) is 61.8 Å². The molecule has 0 aliphatic heterocycles. The normalized spacial score (nSPS) is 14.4. The summed E-state index contributed by atoms with van der Waals surface area (Å²) in [6.45, 7) is -0.871. The Balaban J connectivity index is 1.58. The average Bonchev–Trinajstić information content (AvgIpc) is 3.59. The van der Waals surface area contributed by atoms with Gasteiger partial charge in [-0.1, -0.05) is 97.8 Å². The second-order valence-corrected chi connectivity index (χ2v) is 13.4. The summed E-state index contributed by atoms with van der Waals surface area (Å²) in [7, 11) is -4.52. The van der Waals surface area contributed by atoms with Crippen LogP contribution < -0.4 is 9.62 Å². The number of hydrogen-bond donors (Lipinski definition) is 1. The van der Waals surface area contributed by atoms with E-state index in [1.54, 1.807) is 30.3 Å². The van der Waals surface area contributed by atoms with Crippen LogP contribution in [0.1, 0.15) is 42.4 Å². The van der Waals surface area contributed by atoms with Crippen molar-refractivity contribution >= 4 is 27.5 Å². The van der Waals surface area contributed by atoms with Gasteiger partial charge in [-0.2, -0.15) is 13.2 Å². The van der Waals surface area contributed by atoms with E-state index >= 15 is 0 Å². The van der Waals surface area contributed by atoms with Crippen molar-refractivity contribution in [1.82, 2.24) is 10.2 Å². The van der Waals surface area contributed by atoms with Gasteiger partial charge in [-0.3, -0.25) is 13.9 Å². The van der Waals surface area contributed by atoms with Crippen LogP contribution in [0.2, 0.25) is 0 Å². The maximum absolute atomic E-state index is 14.5. The Morgan fingerprint density at radius 3 is 1.96 bits per heavy atom. The molecule has 1 N–H and O–H groups in total. The van der Waals surface area contributed by atoms with Crippen molar-refractivity contribution in [3.05, 3.63) is 132 Å². The van der Waals surface area contributed by atoms with Gasteiger partial charge in [0.2, 0.25) is 11.8 Å². The fourth-order valence-corrected chi connectivity index (χ4v) is 7.21. The van der Waals surface area contributed by atoms with E-state index in [1.165, 1.54) is 35.2 Å². The van der Waals surface area contributed by atoms with Gasteiger partial charge in [0.1, 0.15) is 12.6 Å². The van der Waals surface area contributed by atoms with Crippen molar-refractivity contribution < 1.29 is 31.2 Å². The molecule has 47 heavy (non-hydrogen) atoms. The lowest BCUT2D eigenvalue weighted by atomic mass is 10.0. The summed E-state index contributed by atoms with van der Waals surface area (Å²) >= 11 is 0. The van der Waals surface area contributed by atoms with Gasteiger partial charge in [0.15, 0.2) is 0 Å². The molecule has 1 saturated carbocycles. The minimum Gasteiger partial charge on any atom is -0.352 e. The molecule has 1 atom stereocenters. The Morgan fingerprint density at radius 1 is 0.787 bits per heavy atom. The second-order valence-electron chi connectivity index (χ2n) is 11.6. The highest BCUT2D eigenvalue weighted by Crippen LogP contribution is 2.33. The van der Waals surface area contributed by atoms with Gasteiger partial charge >= 0.3 is 6.18 Å². The van der Waals surface area contributed by atoms with Crippen LogP contribution in [0.25, 0.3) is 0 Å². The molecule has 1 aliphatic carbocycles. The Bertz CT molecular complexity index is 1750. The number of amides is 2. The molecule has 246 valence electrons. The number of benzene rings is 4. The third kappa shape index (κ3) is 8.59. The molecule has 0 unspecified atom stereocenters. The van der Waals surface area contributed by atoms with Crippen LogP contribution in [0.5, 0.6) is 0 Å². The summed E-state index contributed by atoms with van der Waals surface area (Å²) in [5, 5.41) is 3.10. The molecule has 0 bridgehead atoms. The monoisotopic (exact) mass is 663 g/mol. The number of halogens is 3. The molecule has 0 spiro atoms. The van der Waals surface area contributed by atoms with Gasteiger partial charge in [0.25, 0.3) is 10.0 Å². The molecule has 4 aromatic carbocycles. The summed E-state index contributed by atoms with van der Waals surface area (Å²) in [6.07, 6.45) is -1.02. The van der Waals surface area contributed by atoms with Gasteiger partial charge in [-0.05, 0) is 54.3 Å². The Labute approximate surface area is 273 Å². The van der Waals surface area contributed by atoms with E-state index in [2.05, 4.69) is 5.32 Å². The van der Waals surface area contributed by atoms with Gasteiger partial charge in [-0.25, -0.2) is 8.42 Å². The van der Waals surface area contributed by atoms with Crippen LogP contribution in [0.15, 0.2) is 120 Å². The van der Waals surface area contributed by atoms with Crippen molar-refractivity contribution in [3.63, 3.8) is 0 Å². The summed E-state index contributed by atoms with van der Waals surface area (Å²) in [6, 6.07) is 28.2. The van der Waals surface area contributed by atoms with Gasteiger partial charge < -0.3 is 10.2 Å². The van der Waals surface area contributed by atoms with E-state index < -0.39 is 40.3 Å². The van der Waals surface area contributed by atoms with Gasteiger partial charge in [-0.15, -0.1) is 0 Å². The first-order chi connectivity index (χ1) is 22.5. The van der Waals surface area contributed by atoms with E-state index in [4.69, 9.17) is 0 Å². The quantitative estimate of drug-likeness (QED) is 0.185. The van der Waals surface area contributed by atoms with Gasteiger partial charge in [0.05, 0.1) is 16.1 Å². The van der Waals surface area contributed by atoms with Crippen LogP contribution in [0, 0.1) is 0 Å². The van der Waals surface area contributed by atoms with Crippen molar-refractivity contribution in [2.24, 2.45) is 0 Å². The first-order valence-corrected chi connectivity index (χ1v) is 16.9. The SMILES string of the molecule is O=C(NC1CCCC1)[C@H](Cc1ccccc1)N(Cc1ccccc1)C(=O)CN(c1cccc(C(F)(F)F)c1)S(=O)(=O)c1ccccc1. The zero-order valence-corrected chi connectivity index (χ0v) is 26.5. The van der Waals surface area contributed by atoms with Crippen LogP contribution in [-0.4, -0.2) is 43.8 Å². The number of alkyl halides is 3. The van der Waals surface area contributed by atoms with Crippen molar-refractivity contribution in [3.8, 4) is 0 Å². The van der Waals surface area contributed by atoms with Gasteiger partial charge in [0, 0.05) is 19.0 Å². The van der Waals surface area contributed by atoms with E-state index in [1.807, 2.05) is 36.4 Å². The maximum atomic E-state index is 14.5. The largest absolute Gasteiger partial charge is 0.416 e. The predicted molar refractivity (Wildman–Crippen MR) is 174 cm³/mol. The highest BCUT2D eigenvalue weighted by molar-refractivity contribution is 7.92. The molecular weight excluding hydrogens is 627 g/mol. The van der Waals surface area contributed by atoms with E-state index in [-0.39, 0.29) is 35.5 Å². The molecular formula is C36H36F3N3O4S. The van der Waals surface area contributed by atoms with Crippen LogP contribution in [-0.2, 0) is 38.8 Å². The Hall–Kier alpha value is -4.64. The van der Waals surface area contributed by atoms with Crippen LogP contribution >= 0.6 is 0 Å². The predicted octanol–water partition coefficient (Wildman–Crippen LogP) is 6.60. The molecule has 7 nitrogen and oxygen atoms in total. The number of anilines is 1. The molecule has 1 aliphatic rings. The summed E-state index contributed by atoms with van der Waals surface area (Å²) < 4.78 is 70.0. The number of carbonyl (C=O) groups excluding carboxylic acids is 2. The van der Waals surface area contributed by atoms with E-state index in [0.29, 0.717) is 15.9 Å². The summed E-state index contributed by atoms with van der Waals surface area (Å²) in [4.78, 5) is 29.6. The molecule has 11 heteroatoms. The average molecular weight is 664 g/mol. The van der Waals surface area contributed by atoms with Crippen LogP contribution in [0.3, 0.4) is 0 Å². The highest BCUT2D eigenvalue weighted by atomic mass is 32.2. The number of hydrogen-bond acceptors (Lipinski definition) is 4. The lowest BCUT2D eigenvalue weighted by molar-refractivity contribution is -0.140. The smallest absolute Gasteiger partial charge is 0.352 e. The lowest BCUT2D eigenvalue weighted by Gasteiger charge is -2.34. The maximum Gasteiger partial charge on any atom is 0.416 e. The molecule has 5 rings (SSSR count). The number of nitrogens with zero attached hydrogens (tertiary/aromatic N) is 2. The molecule has 2 amide bonds. The molecule has 4 aromatic rings. The fraction of sp³-hybridized carbons (Fsp3) is 0.278. The molecule has 0 heterocycles. The van der Waals surface area contributed by atoms with E-state index in [9.17, 15) is 31.2 Å². The van der Waals surface area contributed by atoms with Crippen LogP contribution in [0.4, 0.5) is 18.9 Å². The third-order valence-corrected chi connectivity index (χ3v) is 10.0. The molecule has 1 fully saturated rings. The highest BCUT2D eigenvalue weighted by Gasteiger charge is 2.37. The first-order valence-electron chi connectivity index (χ1n) is 15.4. The zero-order valence-electron chi connectivity index (χ0n) is 25.6. The number of nitrogens with one attached hydrogen (secondary N) is 1. The molecule has 0 saturated heterocycles. The van der Waals surface area contributed by atoms with Crippen molar-refractivity contribution in [1.29, 1.82) is 0 Å². The Kier molecular flexibility index (Phi) is 10.7. The number of carbonyl (C=O) groups is 2. The standard InChI is InChI=1S/C36H36F3N3O4S/c37-36(38,39)29-17-12-20-31(24-29)42(47(45,46)32-21-8-3-9-22-32)26-34(43)41(25-28-15-6-2-7-16-28)33(23-27-13-4-1-5-14-27)35(44)40-30-18-10-11-19-30/h1-9,12-17,20-22,24,30,33H,10-11,18-19,23,25-26H2,(H,40,44)/t33-/m0/s1. The lowest BCUT2D eigenvalue weighted by Crippen LogP contribution is -2.54. The summed E-state index contributed by atoms with van der Waals surface area (Å²) in [5.74, 6) is -1.12. The number of rotatable bonds is 12. The van der Waals surface area contributed by atoms with E-state index in [0.717, 1.165) is 43.4 Å². The second kappa shape index (κ2) is 14.8. The number of sulfonamides is 1. The molecule has 0 radical (unpaired) electrons.